The number of nitrogens with zero attached hydrogens (tertiary/aromatic N) is 2. The van der Waals surface area contributed by atoms with E-state index >= 15 is 0 Å². The van der Waals surface area contributed by atoms with E-state index in [0.717, 1.165) is 12.8 Å². The minimum Gasteiger partial charge on any atom is -0.461 e. The van der Waals surface area contributed by atoms with Crippen LogP contribution in [0.3, 0.4) is 0 Å². The maximum Gasteiger partial charge on any atom is 0.249 e. The standard InChI is InChI=1S/C17H24N4O3/c1-12(24-13-7-4-2-3-5-8-13)17(22)18-11-15-19-16(21-20-15)14-9-6-10-23-14/h6,9-10,12-13H,2-5,7-8,11H2,1H3,(H,18,22)(H,19,20,21)/t12-/m1/s1. The lowest BCUT2D eigenvalue weighted by Crippen LogP contribution is -2.36. The molecule has 7 heteroatoms. The molecule has 2 heterocycles. The number of carbonyl (C=O) groups excluding carboxylic acids is 1. The summed E-state index contributed by atoms with van der Waals surface area (Å²) in [5, 5.41) is 9.71. The summed E-state index contributed by atoms with van der Waals surface area (Å²) in [5.74, 6) is 1.52. The normalized spacial score (nSPS) is 17.4. The number of hydrogen-bond donors (Lipinski definition) is 2. The molecule has 0 bridgehead atoms. The third-order valence-corrected chi connectivity index (χ3v) is 4.27. The monoisotopic (exact) mass is 332 g/mol. The summed E-state index contributed by atoms with van der Waals surface area (Å²) in [6.07, 6.45) is 8.32. The van der Waals surface area contributed by atoms with Gasteiger partial charge in [0, 0.05) is 0 Å². The van der Waals surface area contributed by atoms with E-state index in [-0.39, 0.29) is 18.6 Å². The third kappa shape index (κ3) is 4.44. The van der Waals surface area contributed by atoms with E-state index in [9.17, 15) is 4.79 Å². The zero-order valence-electron chi connectivity index (χ0n) is 14.0. The molecular weight excluding hydrogens is 308 g/mol. The molecule has 1 aliphatic carbocycles. The van der Waals surface area contributed by atoms with E-state index in [2.05, 4.69) is 20.5 Å². The van der Waals surface area contributed by atoms with Crippen LogP contribution >= 0.6 is 0 Å². The molecule has 0 aromatic carbocycles. The first kappa shape index (κ1) is 16.7. The zero-order chi connectivity index (χ0) is 16.8. The number of hydrogen-bond acceptors (Lipinski definition) is 5. The quantitative estimate of drug-likeness (QED) is 0.793. The van der Waals surface area contributed by atoms with E-state index < -0.39 is 6.10 Å². The topological polar surface area (TPSA) is 93.0 Å². The molecule has 2 aromatic heterocycles. The molecule has 1 saturated carbocycles. The van der Waals surface area contributed by atoms with Gasteiger partial charge in [0.15, 0.2) is 5.76 Å². The van der Waals surface area contributed by atoms with Gasteiger partial charge in [-0.05, 0) is 31.9 Å². The highest BCUT2D eigenvalue weighted by molar-refractivity contribution is 5.80. The maximum absolute atomic E-state index is 12.2. The van der Waals surface area contributed by atoms with E-state index in [1.807, 2.05) is 0 Å². The van der Waals surface area contributed by atoms with Gasteiger partial charge in [0.1, 0.15) is 11.9 Å². The number of rotatable bonds is 6. The minimum atomic E-state index is -0.458. The predicted molar refractivity (Wildman–Crippen MR) is 88.0 cm³/mol. The Balaban J connectivity index is 1.46. The molecule has 1 atom stereocenters. The van der Waals surface area contributed by atoms with Crippen molar-refractivity contribution in [1.82, 2.24) is 20.5 Å². The van der Waals surface area contributed by atoms with Gasteiger partial charge in [0.25, 0.3) is 0 Å². The molecule has 0 unspecified atom stereocenters. The van der Waals surface area contributed by atoms with Crippen molar-refractivity contribution in [2.75, 3.05) is 0 Å². The third-order valence-electron chi connectivity index (χ3n) is 4.27. The first-order valence-corrected chi connectivity index (χ1v) is 8.60. The largest absolute Gasteiger partial charge is 0.461 e. The fourth-order valence-corrected chi connectivity index (χ4v) is 2.93. The van der Waals surface area contributed by atoms with Crippen LogP contribution in [-0.2, 0) is 16.1 Å². The lowest BCUT2D eigenvalue weighted by atomic mass is 10.1. The molecule has 0 saturated heterocycles. The van der Waals surface area contributed by atoms with Gasteiger partial charge in [-0.15, -0.1) is 5.10 Å². The summed E-state index contributed by atoms with van der Waals surface area (Å²) >= 11 is 0. The molecular formula is C17H24N4O3. The highest BCUT2D eigenvalue weighted by atomic mass is 16.5. The van der Waals surface area contributed by atoms with Crippen molar-refractivity contribution in [3.8, 4) is 11.6 Å². The number of ether oxygens (including phenoxy) is 1. The van der Waals surface area contributed by atoms with Gasteiger partial charge in [-0.3, -0.25) is 9.89 Å². The smallest absolute Gasteiger partial charge is 0.249 e. The Labute approximate surface area is 141 Å². The first-order valence-electron chi connectivity index (χ1n) is 8.60. The van der Waals surface area contributed by atoms with Crippen LogP contribution in [0.25, 0.3) is 11.6 Å². The molecule has 2 N–H and O–H groups in total. The van der Waals surface area contributed by atoms with Crippen molar-refractivity contribution in [1.29, 1.82) is 0 Å². The van der Waals surface area contributed by atoms with Crippen LogP contribution in [0.2, 0.25) is 0 Å². The molecule has 3 rings (SSSR count). The van der Waals surface area contributed by atoms with Crippen LogP contribution in [-0.4, -0.2) is 33.3 Å². The van der Waals surface area contributed by atoms with Crippen molar-refractivity contribution in [3.05, 3.63) is 24.2 Å². The second kappa shape index (κ2) is 8.10. The second-order valence-electron chi connectivity index (χ2n) is 6.19. The average Bonchev–Trinajstić information content (AvgIpc) is 3.21. The predicted octanol–water partition coefficient (Wildman–Crippen LogP) is 2.81. The molecule has 2 aromatic rings. The fraction of sp³-hybridized carbons (Fsp3) is 0.588. The summed E-state index contributed by atoms with van der Waals surface area (Å²) in [6, 6.07) is 3.56. The summed E-state index contributed by atoms with van der Waals surface area (Å²) in [5.41, 5.74) is 0. The van der Waals surface area contributed by atoms with Crippen molar-refractivity contribution in [3.63, 3.8) is 0 Å². The molecule has 0 radical (unpaired) electrons. The highest BCUT2D eigenvalue weighted by Gasteiger charge is 2.20. The first-order chi connectivity index (χ1) is 11.7. The average molecular weight is 332 g/mol. The Morgan fingerprint density at radius 3 is 2.92 bits per heavy atom. The van der Waals surface area contributed by atoms with Crippen molar-refractivity contribution >= 4 is 5.91 Å². The van der Waals surface area contributed by atoms with Gasteiger partial charge in [-0.1, -0.05) is 25.7 Å². The zero-order valence-corrected chi connectivity index (χ0v) is 14.0. The van der Waals surface area contributed by atoms with Crippen molar-refractivity contribution in [2.24, 2.45) is 0 Å². The SMILES string of the molecule is C[C@@H](OC1CCCCCC1)C(=O)NCc1nc(-c2ccco2)n[nH]1. The summed E-state index contributed by atoms with van der Waals surface area (Å²) in [4.78, 5) is 16.5. The van der Waals surface area contributed by atoms with Gasteiger partial charge in [0.05, 0.1) is 18.9 Å². The van der Waals surface area contributed by atoms with Gasteiger partial charge in [0.2, 0.25) is 11.7 Å². The summed E-state index contributed by atoms with van der Waals surface area (Å²) in [7, 11) is 0. The molecule has 130 valence electrons. The van der Waals surface area contributed by atoms with E-state index in [1.165, 1.54) is 25.7 Å². The Hall–Kier alpha value is -2.15. The molecule has 24 heavy (non-hydrogen) atoms. The van der Waals surface area contributed by atoms with Gasteiger partial charge >= 0.3 is 0 Å². The lowest BCUT2D eigenvalue weighted by molar-refractivity contribution is -0.136. The molecule has 7 nitrogen and oxygen atoms in total. The van der Waals surface area contributed by atoms with Crippen LogP contribution in [0.1, 0.15) is 51.3 Å². The molecule has 1 fully saturated rings. The summed E-state index contributed by atoms with van der Waals surface area (Å²) in [6.45, 7) is 2.08. The molecule has 0 aliphatic heterocycles. The van der Waals surface area contributed by atoms with Crippen LogP contribution in [0, 0.1) is 0 Å². The van der Waals surface area contributed by atoms with E-state index in [0.29, 0.717) is 17.4 Å². The van der Waals surface area contributed by atoms with Crippen LogP contribution in [0.15, 0.2) is 22.8 Å². The molecule has 1 amide bonds. The number of aromatic amines is 1. The number of H-pyrrole nitrogens is 1. The van der Waals surface area contributed by atoms with Crippen LogP contribution in [0.4, 0.5) is 0 Å². The Kier molecular flexibility index (Phi) is 5.63. The van der Waals surface area contributed by atoms with Gasteiger partial charge < -0.3 is 14.5 Å². The van der Waals surface area contributed by atoms with Crippen LogP contribution in [0.5, 0.6) is 0 Å². The van der Waals surface area contributed by atoms with Crippen molar-refractivity contribution < 1.29 is 13.9 Å². The van der Waals surface area contributed by atoms with Crippen molar-refractivity contribution in [2.45, 2.75) is 64.2 Å². The van der Waals surface area contributed by atoms with E-state index in [1.54, 1.807) is 25.3 Å². The molecule has 0 spiro atoms. The lowest BCUT2D eigenvalue weighted by Gasteiger charge is -2.20. The number of amides is 1. The number of aromatic nitrogens is 3. The van der Waals surface area contributed by atoms with E-state index in [4.69, 9.17) is 9.15 Å². The highest BCUT2D eigenvalue weighted by Crippen LogP contribution is 2.21. The van der Waals surface area contributed by atoms with Crippen LogP contribution < -0.4 is 5.32 Å². The summed E-state index contributed by atoms with van der Waals surface area (Å²) < 4.78 is 11.2. The minimum absolute atomic E-state index is 0.129. The maximum atomic E-state index is 12.2. The Morgan fingerprint density at radius 1 is 1.42 bits per heavy atom. The Morgan fingerprint density at radius 2 is 2.21 bits per heavy atom. The van der Waals surface area contributed by atoms with Gasteiger partial charge in [-0.25, -0.2) is 4.98 Å². The number of carbonyl (C=O) groups is 1. The molecule has 1 aliphatic rings. The fourth-order valence-electron chi connectivity index (χ4n) is 2.93. The Bertz CT molecular complexity index is 630. The number of furan rings is 1. The van der Waals surface area contributed by atoms with Gasteiger partial charge in [-0.2, -0.15) is 0 Å². The second-order valence-corrected chi connectivity index (χ2v) is 6.19. The number of nitrogens with one attached hydrogen (secondary N) is 2.